The molecule has 1 aromatic heterocycles. The molecule has 0 spiro atoms. The van der Waals surface area contributed by atoms with E-state index in [0.717, 1.165) is 16.1 Å². The zero-order valence-electron chi connectivity index (χ0n) is 16.2. The number of nitrogens with zero attached hydrogens (tertiary/aromatic N) is 2. The van der Waals surface area contributed by atoms with Crippen molar-refractivity contribution in [3.8, 4) is 23.3 Å². The van der Waals surface area contributed by atoms with Crippen LogP contribution in [0.2, 0.25) is 0 Å². The van der Waals surface area contributed by atoms with Gasteiger partial charge in [-0.2, -0.15) is 5.26 Å². The topological polar surface area (TPSA) is 71.8 Å². The molecule has 0 aliphatic carbocycles. The number of amides is 1. The average molecular weight is 420 g/mol. The van der Waals surface area contributed by atoms with E-state index in [0.29, 0.717) is 43.4 Å². The van der Waals surface area contributed by atoms with Gasteiger partial charge in [-0.25, -0.2) is 0 Å². The van der Waals surface area contributed by atoms with Crippen molar-refractivity contribution in [2.24, 2.45) is 0 Å². The molecule has 0 saturated heterocycles. The number of thiophene rings is 1. The number of ether oxygens (including phenoxy) is 3. The van der Waals surface area contributed by atoms with E-state index in [4.69, 9.17) is 19.5 Å². The minimum Gasteiger partial charge on any atom is -0.486 e. The summed E-state index contributed by atoms with van der Waals surface area (Å²) in [7, 11) is 0. The Morgan fingerprint density at radius 2 is 1.90 bits per heavy atom. The summed E-state index contributed by atoms with van der Waals surface area (Å²) in [4.78, 5) is 15.8. The van der Waals surface area contributed by atoms with Crippen molar-refractivity contribution in [3.05, 3.63) is 70.4 Å². The van der Waals surface area contributed by atoms with E-state index in [-0.39, 0.29) is 12.5 Å². The summed E-state index contributed by atoms with van der Waals surface area (Å²) < 4.78 is 17.0. The Bertz CT molecular complexity index is 1040. The van der Waals surface area contributed by atoms with Gasteiger partial charge < -0.3 is 19.1 Å². The molecule has 2 aromatic carbocycles. The Kier molecular flexibility index (Phi) is 6.16. The van der Waals surface area contributed by atoms with Crippen molar-refractivity contribution >= 4 is 22.9 Å². The molecular weight excluding hydrogens is 400 g/mol. The van der Waals surface area contributed by atoms with Gasteiger partial charge in [-0.1, -0.05) is 18.2 Å². The normalized spacial score (nSPS) is 12.1. The van der Waals surface area contributed by atoms with Crippen LogP contribution in [-0.2, 0) is 17.8 Å². The number of fused-ring (bicyclic) bond motifs is 1. The Morgan fingerprint density at radius 1 is 1.10 bits per heavy atom. The standard InChI is InChI=1S/C23H20N2O4S/c24-10-9-17-3-6-19(7-4-17)29-16-23(26)25(15-20-2-1-13-30-20)18-5-8-21-22(14-18)28-12-11-27-21/h1-8,13-14H,9,11-12,15-16H2. The minimum absolute atomic E-state index is 0.0998. The Balaban J connectivity index is 1.50. The smallest absolute Gasteiger partial charge is 0.265 e. The highest BCUT2D eigenvalue weighted by Crippen LogP contribution is 2.34. The second kappa shape index (κ2) is 9.33. The van der Waals surface area contributed by atoms with E-state index >= 15 is 0 Å². The number of nitriles is 1. The van der Waals surface area contributed by atoms with Gasteiger partial charge in [-0.3, -0.25) is 4.79 Å². The van der Waals surface area contributed by atoms with Crippen LogP contribution in [0.25, 0.3) is 0 Å². The van der Waals surface area contributed by atoms with E-state index in [1.807, 2.05) is 47.8 Å². The molecule has 0 radical (unpaired) electrons. The van der Waals surface area contributed by atoms with Crippen molar-refractivity contribution < 1.29 is 19.0 Å². The summed E-state index contributed by atoms with van der Waals surface area (Å²) in [5.41, 5.74) is 1.64. The van der Waals surface area contributed by atoms with Crippen LogP contribution < -0.4 is 19.1 Å². The quantitative estimate of drug-likeness (QED) is 0.573. The number of carbonyl (C=O) groups is 1. The van der Waals surface area contributed by atoms with Gasteiger partial charge in [-0.05, 0) is 41.3 Å². The van der Waals surface area contributed by atoms with Gasteiger partial charge in [0.1, 0.15) is 19.0 Å². The Hall–Kier alpha value is -3.50. The molecule has 2 heterocycles. The van der Waals surface area contributed by atoms with Crippen LogP contribution in [0.15, 0.2) is 60.0 Å². The first-order valence-electron chi connectivity index (χ1n) is 9.54. The summed E-state index contributed by atoms with van der Waals surface area (Å²) in [5.74, 6) is 1.74. The molecule has 6 nitrogen and oxygen atoms in total. The summed E-state index contributed by atoms with van der Waals surface area (Å²) in [5, 5.41) is 10.8. The highest BCUT2D eigenvalue weighted by molar-refractivity contribution is 7.09. The van der Waals surface area contributed by atoms with Crippen LogP contribution in [0.1, 0.15) is 10.4 Å². The highest BCUT2D eigenvalue weighted by Gasteiger charge is 2.21. The number of hydrogen-bond donors (Lipinski definition) is 0. The van der Waals surface area contributed by atoms with Gasteiger partial charge in [0.05, 0.1) is 19.0 Å². The van der Waals surface area contributed by atoms with E-state index < -0.39 is 0 Å². The molecule has 0 saturated carbocycles. The van der Waals surface area contributed by atoms with Gasteiger partial charge in [0, 0.05) is 16.6 Å². The first-order chi connectivity index (χ1) is 14.7. The third kappa shape index (κ3) is 4.73. The number of hydrogen-bond acceptors (Lipinski definition) is 6. The molecule has 3 aromatic rings. The molecule has 7 heteroatoms. The van der Waals surface area contributed by atoms with Gasteiger partial charge in [-0.15, -0.1) is 11.3 Å². The zero-order chi connectivity index (χ0) is 20.8. The lowest BCUT2D eigenvalue weighted by atomic mass is 10.2. The van der Waals surface area contributed by atoms with Gasteiger partial charge in [0.25, 0.3) is 5.91 Å². The van der Waals surface area contributed by atoms with E-state index in [1.54, 1.807) is 28.4 Å². The molecule has 0 N–H and O–H groups in total. The average Bonchev–Trinajstić information content (AvgIpc) is 3.30. The second-order valence-electron chi connectivity index (χ2n) is 6.65. The van der Waals surface area contributed by atoms with Crippen LogP contribution in [-0.4, -0.2) is 25.7 Å². The molecule has 30 heavy (non-hydrogen) atoms. The minimum atomic E-state index is -0.166. The molecule has 0 atom stereocenters. The van der Waals surface area contributed by atoms with Crippen molar-refractivity contribution in [2.45, 2.75) is 13.0 Å². The molecule has 4 rings (SSSR count). The lowest BCUT2D eigenvalue weighted by Gasteiger charge is -2.25. The lowest BCUT2D eigenvalue weighted by Crippen LogP contribution is -2.34. The van der Waals surface area contributed by atoms with Gasteiger partial charge in [0.2, 0.25) is 0 Å². The van der Waals surface area contributed by atoms with E-state index in [2.05, 4.69) is 6.07 Å². The maximum atomic E-state index is 13.1. The predicted molar refractivity (Wildman–Crippen MR) is 114 cm³/mol. The maximum absolute atomic E-state index is 13.1. The second-order valence-corrected chi connectivity index (χ2v) is 7.69. The van der Waals surface area contributed by atoms with Crippen molar-refractivity contribution in [3.63, 3.8) is 0 Å². The van der Waals surface area contributed by atoms with Gasteiger partial charge in [0.15, 0.2) is 18.1 Å². The molecular formula is C23H20N2O4S. The fourth-order valence-electron chi connectivity index (χ4n) is 3.10. The number of benzene rings is 2. The van der Waals surface area contributed by atoms with E-state index in [1.165, 1.54) is 0 Å². The monoisotopic (exact) mass is 420 g/mol. The number of rotatable bonds is 7. The number of anilines is 1. The molecule has 1 aliphatic heterocycles. The van der Waals surface area contributed by atoms with Crippen LogP contribution in [0.4, 0.5) is 5.69 Å². The molecule has 0 unspecified atom stereocenters. The van der Waals surface area contributed by atoms with Crippen LogP contribution in [0.3, 0.4) is 0 Å². The molecule has 1 amide bonds. The van der Waals surface area contributed by atoms with Crippen LogP contribution in [0.5, 0.6) is 17.2 Å². The van der Waals surface area contributed by atoms with Crippen LogP contribution in [0, 0.1) is 11.3 Å². The molecule has 152 valence electrons. The molecule has 0 bridgehead atoms. The summed E-state index contributed by atoms with van der Waals surface area (Å²) in [6.45, 7) is 1.35. The maximum Gasteiger partial charge on any atom is 0.265 e. The predicted octanol–water partition coefficient (Wildman–Crippen LogP) is 4.20. The van der Waals surface area contributed by atoms with Crippen molar-refractivity contribution in [1.29, 1.82) is 5.26 Å². The summed E-state index contributed by atoms with van der Waals surface area (Å²) >= 11 is 1.60. The summed E-state index contributed by atoms with van der Waals surface area (Å²) in [6.07, 6.45) is 0.345. The fraction of sp³-hybridized carbons (Fsp3) is 0.217. The first-order valence-corrected chi connectivity index (χ1v) is 10.4. The molecule has 1 aliphatic rings. The zero-order valence-corrected chi connectivity index (χ0v) is 17.1. The molecule has 0 fully saturated rings. The first kappa shape index (κ1) is 19.8. The lowest BCUT2D eigenvalue weighted by molar-refractivity contribution is -0.120. The third-order valence-corrected chi connectivity index (χ3v) is 5.46. The van der Waals surface area contributed by atoms with Crippen molar-refractivity contribution in [2.75, 3.05) is 24.7 Å². The van der Waals surface area contributed by atoms with E-state index in [9.17, 15) is 4.79 Å². The fourth-order valence-corrected chi connectivity index (χ4v) is 3.79. The third-order valence-electron chi connectivity index (χ3n) is 4.60. The van der Waals surface area contributed by atoms with Crippen molar-refractivity contribution in [1.82, 2.24) is 0 Å². The highest BCUT2D eigenvalue weighted by atomic mass is 32.1. The number of carbonyl (C=O) groups excluding carboxylic acids is 1. The summed E-state index contributed by atoms with van der Waals surface area (Å²) in [6, 6.07) is 18.8. The van der Waals surface area contributed by atoms with Gasteiger partial charge >= 0.3 is 0 Å². The largest absolute Gasteiger partial charge is 0.486 e. The Labute approximate surface area is 178 Å². The van der Waals surface area contributed by atoms with Crippen LogP contribution >= 0.6 is 11.3 Å². The SMILES string of the molecule is N#CCc1ccc(OCC(=O)N(Cc2cccs2)c2ccc3c(c2)OCCO3)cc1. The Morgan fingerprint density at radius 3 is 2.63 bits per heavy atom.